The zero-order valence-electron chi connectivity index (χ0n) is 22.4. The third-order valence-electron chi connectivity index (χ3n) is 6.74. The van der Waals surface area contributed by atoms with Crippen LogP contribution in [-0.4, -0.2) is 33.8 Å². The molecule has 0 fully saturated rings. The van der Waals surface area contributed by atoms with Gasteiger partial charge in [0.05, 0.1) is 0 Å². The lowest BCUT2D eigenvalue weighted by Gasteiger charge is -2.11. The van der Waals surface area contributed by atoms with Crippen LogP contribution in [0.1, 0.15) is 63.7 Å². The van der Waals surface area contributed by atoms with Gasteiger partial charge in [-0.1, -0.05) is 48.5 Å². The molecule has 0 saturated carbocycles. The van der Waals surface area contributed by atoms with Crippen LogP contribution in [0.25, 0.3) is 0 Å². The van der Waals surface area contributed by atoms with Crippen molar-refractivity contribution in [2.24, 2.45) is 0 Å². The first kappa shape index (κ1) is 27.9. The van der Waals surface area contributed by atoms with Crippen molar-refractivity contribution >= 4 is 23.6 Å². The van der Waals surface area contributed by atoms with E-state index in [1.165, 1.54) is 36.4 Å². The Kier molecular flexibility index (Phi) is 8.14. The average Bonchev–Trinajstić information content (AvgIpc) is 3.00. The molecule has 10 nitrogen and oxygen atoms in total. The molecule has 10 heteroatoms. The summed E-state index contributed by atoms with van der Waals surface area (Å²) in [5, 5.41) is 31.4. The maximum atomic E-state index is 12.8. The molecular weight excluding hydrogens is 536 g/mol. The fraction of sp³-hybridized carbons (Fsp3) is 0.125. The number of hydrogen-bond acceptors (Lipinski definition) is 6. The topological polar surface area (TPSA) is 157 Å². The van der Waals surface area contributed by atoms with Gasteiger partial charge in [-0.15, -0.1) is 0 Å². The van der Waals surface area contributed by atoms with Crippen LogP contribution in [-0.2, 0) is 26.2 Å². The molecule has 0 aromatic heterocycles. The monoisotopic (exact) mass is 564 g/mol. The molecular formula is C32H28N4O6. The summed E-state index contributed by atoms with van der Waals surface area (Å²) in [6, 6.07) is 22.4. The predicted octanol–water partition coefficient (Wildman–Crippen LogP) is 3.13. The lowest BCUT2D eigenvalue weighted by atomic mass is 10.1. The molecule has 4 aromatic rings. The lowest BCUT2D eigenvalue weighted by molar-refractivity contribution is 0.0934. The third-order valence-corrected chi connectivity index (χ3v) is 6.74. The number of amides is 4. The van der Waals surface area contributed by atoms with E-state index in [1.807, 2.05) is 0 Å². The Balaban J connectivity index is 1.39. The molecule has 0 unspecified atom stereocenters. The molecule has 4 aromatic carbocycles. The molecule has 212 valence electrons. The zero-order valence-corrected chi connectivity index (χ0v) is 22.4. The van der Waals surface area contributed by atoms with Crippen LogP contribution < -0.4 is 21.3 Å². The first-order chi connectivity index (χ1) is 20.2. The Morgan fingerprint density at radius 3 is 0.810 bits per heavy atom. The minimum atomic E-state index is -0.453. The van der Waals surface area contributed by atoms with Gasteiger partial charge in [0.2, 0.25) is 0 Å². The van der Waals surface area contributed by atoms with E-state index in [0.717, 1.165) is 22.3 Å². The van der Waals surface area contributed by atoms with Gasteiger partial charge in [0.25, 0.3) is 23.6 Å². The van der Waals surface area contributed by atoms with Crippen molar-refractivity contribution in [3.05, 3.63) is 129 Å². The molecule has 0 radical (unpaired) electrons. The summed E-state index contributed by atoms with van der Waals surface area (Å²) in [4.78, 5) is 51.2. The highest BCUT2D eigenvalue weighted by molar-refractivity contribution is 6.01. The molecule has 6 N–H and O–H groups in total. The van der Waals surface area contributed by atoms with Crippen LogP contribution in [0.4, 0.5) is 0 Å². The van der Waals surface area contributed by atoms with Crippen LogP contribution in [0.2, 0.25) is 0 Å². The van der Waals surface area contributed by atoms with E-state index in [9.17, 15) is 29.4 Å². The van der Waals surface area contributed by atoms with E-state index in [1.54, 1.807) is 48.5 Å². The van der Waals surface area contributed by atoms with Gasteiger partial charge in [0, 0.05) is 48.4 Å². The molecule has 4 aliphatic heterocycles. The minimum absolute atomic E-state index is 0.141. The van der Waals surface area contributed by atoms with E-state index < -0.39 is 23.6 Å². The first-order valence-electron chi connectivity index (χ1n) is 13.2. The quantitative estimate of drug-likeness (QED) is 0.193. The first-order valence-corrected chi connectivity index (χ1v) is 13.2. The summed E-state index contributed by atoms with van der Waals surface area (Å²) in [5.41, 5.74) is 3.76. The van der Waals surface area contributed by atoms with Gasteiger partial charge >= 0.3 is 0 Å². The number of phenolic OH excluding ortho intramolecular Hbond substituents is 2. The lowest BCUT2D eigenvalue weighted by Crippen LogP contribution is -2.26. The molecule has 8 rings (SSSR count). The maximum absolute atomic E-state index is 12.8. The van der Waals surface area contributed by atoms with Crippen LogP contribution in [0, 0.1) is 0 Å². The Labute approximate surface area is 241 Å². The van der Waals surface area contributed by atoms with Crippen LogP contribution in [0.5, 0.6) is 11.5 Å². The standard InChI is InChI=1S/C32H28N4O6/c37-27-11-23-9-25(13-27)31(41)35-17-21-5-7-22(8-6-21)18-36-32(42)26-10-24(12-28(38)14-26)30(40)34-16-20-2-1-19(3-4-20)15-33-29(23)39/h1-14,37-38H,15-18H2,(H,33,39)(H,34,40)(H,35,41)(H,36,42). The van der Waals surface area contributed by atoms with Gasteiger partial charge < -0.3 is 31.5 Å². The molecule has 0 saturated heterocycles. The third kappa shape index (κ3) is 6.92. The van der Waals surface area contributed by atoms with Gasteiger partial charge in [0.1, 0.15) is 11.5 Å². The molecule has 0 aliphatic carbocycles. The number of phenols is 2. The maximum Gasteiger partial charge on any atom is 0.251 e. The summed E-state index contributed by atoms with van der Waals surface area (Å²) in [6.45, 7) is 0.805. The second kappa shape index (κ2) is 12.3. The van der Waals surface area contributed by atoms with Crippen molar-refractivity contribution in [2.75, 3.05) is 0 Å². The zero-order chi connectivity index (χ0) is 29.6. The van der Waals surface area contributed by atoms with E-state index in [0.29, 0.717) is 0 Å². The Bertz CT molecular complexity index is 1430. The Morgan fingerprint density at radius 2 is 0.595 bits per heavy atom. The van der Waals surface area contributed by atoms with Gasteiger partial charge in [-0.05, 0) is 58.7 Å². The summed E-state index contributed by atoms with van der Waals surface area (Å²) >= 11 is 0. The number of nitrogens with one attached hydrogen (secondary N) is 4. The molecule has 4 amide bonds. The highest BCUT2D eigenvalue weighted by Crippen LogP contribution is 2.18. The molecule has 4 aliphatic rings. The molecule has 4 heterocycles. The number of hydrogen-bond donors (Lipinski definition) is 6. The Morgan fingerprint density at radius 1 is 0.381 bits per heavy atom. The van der Waals surface area contributed by atoms with E-state index in [-0.39, 0.29) is 59.9 Å². The van der Waals surface area contributed by atoms with E-state index in [4.69, 9.17) is 0 Å². The summed E-state index contributed by atoms with van der Waals surface area (Å²) < 4.78 is 0. The predicted molar refractivity (Wildman–Crippen MR) is 154 cm³/mol. The highest BCUT2D eigenvalue weighted by atomic mass is 16.3. The summed E-state index contributed by atoms with van der Waals surface area (Å²) in [7, 11) is 0. The van der Waals surface area contributed by atoms with E-state index in [2.05, 4.69) is 21.3 Å². The molecule has 0 spiro atoms. The largest absolute Gasteiger partial charge is 0.508 e. The number of carbonyl (C=O) groups excluding carboxylic acids is 4. The minimum Gasteiger partial charge on any atom is -0.508 e. The summed E-state index contributed by atoms with van der Waals surface area (Å²) in [6.07, 6.45) is 0. The van der Waals surface area contributed by atoms with Crippen molar-refractivity contribution < 1.29 is 29.4 Å². The number of benzene rings is 4. The molecule has 42 heavy (non-hydrogen) atoms. The van der Waals surface area contributed by atoms with Crippen molar-refractivity contribution in [3.63, 3.8) is 0 Å². The molecule has 0 atom stereocenters. The van der Waals surface area contributed by atoms with Crippen LogP contribution in [0.15, 0.2) is 84.9 Å². The van der Waals surface area contributed by atoms with Crippen molar-refractivity contribution in [3.8, 4) is 11.5 Å². The fourth-order valence-electron chi connectivity index (χ4n) is 4.43. The number of aromatic hydroxyl groups is 2. The average molecular weight is 565 g/mol. The number of rotatable bonds is 0. The van der Waals surface area contributed by atoms with Gasteiger partial charge in [-0.25, -0.2) is 0 Å². The van der Waals surface area contributed by atoms with Gasteiger partial charge in [-0.2, -0.15) is 0 Å². The highest BCUT2D eigenvalue weighted by Gasteiger charge is 2.15. The normalized spacial score (nSPS) is 14.5. The summed E-state index contributed by atoms with van der Waals surface area (Å²) in [5.74, 6) is -2.23. The molecule has 8 bridgehead atoms. The smallest absolute Gasteiger partial charge is 0.251 e. The van der Waals surface area contributed by atoms with Crippen molar-refractivity contribution in [1.29, 1.82) is 0 Å². The van der Waals surface area contributed by atoms with Crippen LogP contribution >= 0.6 is 0 Å². The van der Waals surface area contributed by atoms with Gasteiger partial charge in [0.15, 0.2) is 0 Å². The van der Waals surface area contributed by atoms with Crippen molar-refractivity contribution in [2.45, 2.75) is 26.2 Å². The van der Waals surface area contributed by atoms with Crippen LogP contribution in [0.3, 0.4) is 0 Å². The SMILES string of the molecule is O=C1NCc2ccc(cc2)CNC(=O)c2cc(O)cc(c2)C(=O)NCc2ccc(cc2)CNC(=O)c2cc(O)cc1c2. The van der Waals surface area contributed by atoms with E-state index >= 15 is 0 Å². The fourth-order valence-corrected chi connectivity index (χ4v) is 4.43. The second-order valence-electron chi connectivity index (χ2n) is 9.90. The Hall–Kier alpha value is -5.64. The second-order valence-corrected chi connectivity index (χ2v) is 9.90. The van der Waals surface area contributed by atoms with Gasteiger partial charge in [-0.3, -0.25) is 19.2 Å². The van der Waals surface area contributed by atoms with Crippen molar-refractivity contribution in [1.82, 2.24) is 21.3 Å². The number of carbonyl (C=O) groups is 4.